The maximum Gasteiger partial charge on any atom is 0.343 e. The third kappa shape index (κ3) is 4.53. The molecule has 1 fully saturated rings. The van der Waals surface area contributed by atoms with Crippen LogP contribution < -0.4 is 9.47 Å². The first kappa shape index (κ1) is 25.5. The number of hydrogen-bond donors (Lipinski definition) is 1. The molecule has 7 nitrogen and oxygen atoms in total. The maximum atomic E-state index is 13.6. The Hall–Kier alpha value is -4.13. The van der Waals surface area contributed by atoms with Crippen LogP contribution in [0.15, 0.2) is 72.8 Å². The topological polar surface area (TPSA) is 93.1 Å². The predicted molar refractivity (Wildman–Crippen MR) is 142 cm³/mol. The fourth-order valence-corrected chi connectivity index (χ4v) is 6.27. The highest BCUT2D eigenvalue weighted by Crippen LogP contribution is 2.51. The number of benzene rings is 3. The van der Waals surface area contributed by atoms with Crippen molar-refractivity contribution in [1.82, 2.24) is 4.90 Å². The number of carbonyl (C=O) groups excluding carboxylic acids is 2. The molecule has 4 atom stereocenters. The van der Waals surface area contributed by atoms with Crippen molar-refractivity contribution in [3.8, 4) is 11.5 Å². The van der Waals surface area contributed by atoms with Crippen molar-refractivity contribution in [3.05, 3.63) is 95.1 Å². The Labute approximate surface area is 222 Å². The zero-order chi connectivity index (χ0) is 27.0. The van der Waals surface area contributed by atoms with Gasteiger partial charge >= 0.3 is 11.9 Å². The number of methoxy groups -OCH3 is 1. The molecular formula is C31H31NO6. The second kappa shape index (κ2) is 10.3. The Balaban J connectivity index is 1.54. The summed E-state index contributed by atoms with van der Waals surface area (Å²) in [5, 5.41) is 10.5. The molecule has 5 rings (SSSR count). The van der Waals surface area contributed by atoms with Crippen LogP contribution in [-0.4, -0.2) is 47.5 Å². The van der Waals surface area contributed by atoms with Crippen molar-refractivity contribution in [2.24, 2.45) is 17.8 Å². The molecule has 38 heavy (non-hydrogen) atoms. The minimum atomic E-state index is -0.953. The summed E-state index contributed by atoms with van der Waals surface area (Å²) in [6.45, 7) is 4.55. The van der Waals surface area contributed by atoms with Gasteiger partial charge in [-0.1, -0.05) is 50.2 Å². The first-order valence-electron chi connectivity index (χ1n) is 12.9. The Bertz CT molecular complexity index is 1350. The van der Waals surface area contributed by atoms with Crippen LogP contribution in [0.1, 0.15) is 51.6 Å². The highest BCUT2D eigenvalue weighted by molar-refractivity contribution is 5.95. The van der Waals surface area contributed by atoms with E-state index in [0.717, 1.165) is 5.56 Å². The molecule has 0 unspecified atom stereocenters. The summed E-state index contributed by atoms with van der Waals surface area (Å²) in [7, 11) is 1.49. The second-order valence-corrected chi connectivity index (χ2v) is 10.4. The van der Waals surface area contributed by atoms with Gasteiger partial charge in [0, 0.05) is 24.1 Å². The molecule has 1 aliphatic carbocycles. The average molecular weight is 514 g/mol. The minimum absolute atomic E-state index is 0.0221. The Morgan fingerprint density at radius 1 is 0.921 bits per heavy atom. The van der Waals surface area contributed by atoms with Crippen molar-refractivity contribution >= 4 is 17.8 Å². The number of likely N-dealkylation sites (tertiary alicyclic amines) is 1. The molecule has 0 spiro atoms. The molecule has 0 aromatic heterocycles. The third-order valence-corrected chi connectivity index (χ3v) is 7.80. The SMILES string of the molecule is COc1cc2c(cc1OC(=O)c1ccccc1)[C@@H](C(=O)O)[C@H]1[C@H](C2)CN(C(=O)c2ccccc2)[C@H]1C(C)C. The van der Waals surface area contributed by atoms with E-state index in [1.54, 1.807) is 48.5 Å². The zero-order valence-corrected chi connectivity index (χ0v) is 21.7. The lowest BCUT2D eigenvalue weighted by Crippen LogP contribution is -2.44. The highest BCUT2D eigenvalue weighted by atomic mass is 16.6. The standard InChI is InChI=1S/C31H31NO6/c1-18(2)28-26-22(17-32(28)29(33)19-10-6-4-7-11-19)14-21-15-24(37-3)25(16-23(21)27(26)30(34)35)38-31(36)20-12-8-5-9-13-20/h4-13,15-16,18,22,26-28H,14,17H2,1-3H3,(H,34,35)/t22-,26-,27-,28+/m1/s1. The van der Waals surface area contributed by atoms with Gasteiger partial charge in [0.2, 0.25) is 0 Å². The molecule has 1 aliphatic heterocycles. The molecule has 3 aromatic carbocycles. The Morgan fingerprint density at radius 3 is 2.13 bits per heavy atom. The monoisotopic (exact) mass is 513 g/mol. The van der Waals surface area contributed by atoms with E-state index in [4.69, 9.17) is 9.47 Å². The smallest absolute Gasteiger partial charge is 0.343 e. The number of aliphatic carboxylic acids is 1. The lowest BCUT2D eigenvalue weighted by molar-refractivity contribution is -0.141. The number of hydrogen-bond acceptors (Lipinski definition) is 5. The van der Waals surface area contributed by atoms with Crippen molar-refractivity contribution in [3.63, 3.8) is 0 Å². The largest absolute Gasteiger partial charge is 0.493 e. The van der Waals surface area contributed by atoms with Gasteiger partial charge in [-0.05, 0) is 65.8 Å². The summed E-state index contributed by atoms with van der Waals surface area (Å²) < 4.78 is 11.2. The van der Waals surface area contributed by atoms with Crippen LogP contribution in [0.3, 0.4) is 0 Å². The number of carboxylic acids is 1. The molecule has 1 amide bonds. The number of ether oxygens (including phenoxy) is 2. The summed E-state index contributed by atoms with van der Waals surface area (Å²) >= 11 is 0. The fraction of sp³-hybridized carbons (Fsp3) is 0.323. The number of amides is 1. The lowest BCUT2D eigenvalue weighted by atomic mass is 9.66. The van der Waals surface area contributed by atoms with E-state index < -0.39 is 17.9 Å². The molecule has 0 bridgehead atoms. The van der Waals surface area contributed by atoms with E-state index in [2.05, 4.69) is 0 Å². The summed E-state index contributed by atoms with van der Waals surface area (Å²) in [6.07, 6.45) is 0.606. The first-order valence-corrected chi connectivity index (χ1v) is 12.9. The van der Waals surface area contributed by atoms with Gasteiger partial charge in [-0.15, -0.1) is 0 Å². The predicted octanol–water partition coefficient (Wildman–Crippen LogP) is 5.05. The van der Waals surface area contributed by atoms with E-state index in [-0.39, 0.29) is 35.5 Å². The van der Waals surface area contributed by atoms with Gasteiger partial charge in [0.25, 0.3) is 5.91 Å². The number of fused-ring (bicyclic) bond motifs is 2. The number of esters is 1. The van der Waals surface area contributed by atoms with Crippen LogP contribution in [0.4, 0.5) is 0 Å². The van der Waals surface area contributed by atoms with Crippen molar-refractivity contribution in [2.75, 3.05) is 13.7 Å². The normalized spacial score (nSPS) is 21.9. The summed E-state index contributed by atoms with van der Waals surface area (Å²) in [5.74, 6) is -2.14. The number of carboxylic acid groups (broad SMARTS) is 1. The average Bonchev–Trinajstić information content (AvgIpc) is 3.30. The molecule has 0 radical (unpaired) electrons. The van der Waals surface area contributed by atoms with Gasteiger partial charge in [-0.2, -0.15) is 0 Å². The number of carbonyl (C=O) groups is 3. The van der Waals surface area contributed by atoms with Gasteiger partial charge in [0.1, 0.15) is 0 Å². The van der Waals surface area contributed by atoms with Crippen LogP contribution in [0.2, 0.25) is 0 Å². The van der Waals surface area contributed by atoms with Crippen LogP contribution in [0.25, 0.3) is 0 Å². The number of rotatable bonds is 6. The molecular weight excluding hydrogens is 482 g/mol. The molecule has 0 saturated carbocycles. The summed E-state index contributed by atoms with van der Waals surface area (Å²) in [5.41, 5.74) is 2.42. The van der Waals surface area contributed by atoms with Crippen molar-refractivity contribution in [1.29, 1.82) is 0 Å². The highest BCUT2D eigenvalue weighted by Gasteiger charge is 2.53. The van der Waals surface area contributed by atoms with Gasteiger partial charge in [0.05, 0.1) is 18.6 Å². The van der Waals surface area contributed by atoms with Gasteiger partial charge in [0.15, 0.2) is 11.5 Å². The first-order chi connectivity index (χ1) is 18.3. The van der Waals surface area contributed by atoms with E-state index in [1.807, 2.05) is 43.0 Å². The second-order valence-electron chi connectivity index (χ2n) is 10.4. The fourth-order valence-electron chi connectivity index (χ4n) is 6.27. The third-order valence-electron chi connectivity index (χ3n) is 7.80. The zero-order valence-electron chi connectivity index (χ0n) is 21.7. The molecule has 1 N–H and O–H groups in total. The lowest BCUT2D eigenvalue weighted by Gasteiger charge is -2.38. The van der Waals surface area contributed by atoms with Crippen LogP contribution in [-0.2, 0) is 11.2 Å². The molecule has 3 aromatic rings. The van der Waals surface area contributed by atoms with Gasteiger partial charge < -0.3 is 19.5 Å². The Kier molecular flexibility index (Phi) is 6.93. The molecule has 1 heterocycles. The van der Waals surface area contributed by atoms with E-state index in [9.17, 15) is 19.5 Å². The summed E-state index contributed by atoms with van der Waals surface area (Å²) in [4.78, 5) is 41.1. The van der Waals surface area contributed by atoms with E-state index in [1.165, 1.54) is 7.11 Å². The number of nitrogens with zero attached hydrogens (tertiary/aromatic N) is 1. The van der Waals surface area contributed by atoms with Crippen LogP contribution >= 0.6 is 0 Å². The minimum Gasteiger partial charge on any atom is -0.493 e. The van der Waals surface area contributed by atoms with Crippen molar-refractivity contribution in [2.45, 2.75) is 32.2 Å². The molecule has 2 aliphatic rings. The van der Waals surface area contributed by atoms with Gasteiger partial charge in [-0.25, -0.2) is 4.79 Å². The van der Waals surface area contributed by atoms with Crippen molar-refractivity contribution < 1.29 is 29.0 Å². The summed E-state index contributed by atoms with van der Waals surface area (Å²) in [6, 6.07) is 20.9. The van der Waals surface area contributed by atoms with Gasteiger partial charge in [-0.3, -0.25) is 9.59 Å². The van der Waals surface area contributed by atoms with Crippen LogP contribution in [0.5, 0.6) is 11.5 Å². The maximum absolute atomic E-state index is 13.6. The molecule has 196 valence electrons. The van der Waals surface area contributed by atoms with E-state index in [0.29, 0.717) is 35.4 Å². The quantitative estimate of drug-likeness (QED) is 0.366. The van der Waals surface area contributed by atoms with Crippen LogP contribution in [0, 0.1) is 17.8 Å². The van der Waals surface area contributed by atoms with E-state index >= 15 is 0 Å². The molecule has 1 saturated heterocycles. The Morgan fingerprint density at radius 2 is 1.55 bits per heavy atom. The molecule has 7 heteroatoms.